The summed E-state index contributed by atoms with van der Waals surface area (Å²) < 4.78 is 43.2. The third-order valence-electron chi connectivity index (χ3n) is 3.91. The van der Waals surface area contributed by atoms with Crippen LogP contribution in [-0.4, -0.2) is 68.2 Å². The number of hydrogen-bond acceptors (Lipinski definition) is 4. The van der Waals surface area contributed by atoms with Crippen molar-refractivity contribution in [3.8, 4) is 0 Å². The summed E-state index contributed by atoms with van der Waals surface area (Å²) in [5.74, 6) is 0. The third-order valence-corrected chi connectivity index (χ3v) is 3.91. The summed E-state index contributed by atoms with van der Waals surface area (Å²) in [4.78, 5) is 1.29. The molecule has 20 heavy (non-hydrogen) atoms. The Bertz CT molecular complexity index is 302. The van der Waals surface area contributed by atoms with Crippen molar-refractivity contribution >= 4 is 0 Å². The standard InChI is InChI=1S/C13H23F3N2O2/c14-13(15,16)9-18(4-5-19)8-12(3-6-20-10-12)7-17-11-1-2-11/h11,17,19H,1-10H2. The normalized spacial score (nSPS) is 27.4. The van der Waals surface area contributed by atoms with Gasteiger partial charge in [-0.1, -0.05) is 0 Å². The van der Waals surface area contributed by atoms with Crippen molar-refractivity contribution < 1.29 is 23.0 Å². The second-order valence-corrected chi connectivity index (χ2v) is 6.01. The zero-order valence-corrected chi connectivity index (χ0v) is 11.6. The lowest BCUT2D eigenvalue weighted by atomic mass is 9.86. The molecule has 1 aliphatic carbocycles. The minimum atomic E-state index is -4.24. The molecular weight excluding hydrogens is 273 g/mol. The Hall–Kier alpha value is -0.370. The van der Waals surface area contributed by atoms with Crippen molar-refractivity contribution in [2.24, 2.45) is 5.41 Å². The van der Waals surface area contributed by atoms with Crippen LogP contribution in [0.1, 0.15) is 19.3 Å². The van der Waals surface area contributed by atoms with E-state index in [1.807, 2.05) is 0 Å². The average Bonchev–Trinajstić information content (AvgIpc) is 3.06. The minimum Gasteiger partial charge on any atom is -0.395 e. The van der Waals surface area contributed by atoms with Gasteiger partial charge in [0.05, 0.1) is 19.8 Å². The van der Waals surface area contributed by atoms with Gasteiger partial charge in [-0.05, 0) is 19.3 Å². The van der Waals surface area contributed by atoms with Crippen LogP contribution >= 0.6 is 0 Å². The number of ether oxygens (including phenoxy) is 1. The summed E-state index contributed by atoms with van der Waals surface area (Å²) in [6.07, 6.45) is -1.16. The highest BCUT2D eigenvalue weighted by molar-refractivity contribution is 4.92. The molecule has 2 fully saturated rings. The van der Waals surface area contributed by atoms with Gasteiger partial charge >= 0.3 is 6.18 Å². The van der Waals surface area contributed by atoms with Crippen molar-refractivity contribution in [2.45, 2.75) is 31.5 Å². The lowest BCUT2D eigenvalue weighted by Crippen LogP contribution is -2.48. The lowest BCUT2D eigenvalue weighted by Gasteiger charge is -2.34. The topological polar surface area (TPSA) is 44.7 Å². The first-order valence-corrected chi connectivity index (χ1v) is 7.14. The summed E-state index contributed by atoms with van der Waals surface area (Å²) >= 11 is 0. The van der Waals surface area contributed by atoms with E-state index in [9.17, 15) is 13.2 Å². The molecule has 1 unspecified atom stereocenters. The van der Waals surface area contributed by atoms with Crippen LogP contribution in [0.15, 0.2) is 0 Å². The van der Waals surface area contributed by atoms with E-state index in [-0.39, 0.29) is 18.6 Å². The van der Waals surface area contributed by atoms with Crippen LogP contribution in [0.25, 0.3) is 0 Å². The third kappa shape index (κ3) is 5.20. The van der Waals surface area contributed by atoms with Gasteiger partial charge in [0.2, 0.25) is 0 Å². The number of aliphatic hydroxyl groups excluding tert-OH is 1. The molecule has 1 saturated heterocycles. The summed E-state index contributed by atoms with van der Waals surface area (Å²) in [5.41, 5.74) is -0.261. The van der Waals surface area contributed by atoms with E-state index in [0.29, 0.717) is 32.3 Å². The molecule has 1 aliphatic heterocycles. The van der Waals surface area contributed by atoms with Gasteiger partial charge in [0.1, 0.15) is 0 Å². The van der Waals surface area contributed by atoms with E-state index in [1.165, 1.54) is 4.90 Å². The Morgan fingerprint density at radius 3 is 2.60 bits per heavy atom. The summed E-state index contributed by atoms with van der Waals surface area (Å²) in [5, 5.41) is 12.4. The van der Waals surface area contributed by atoms with Crippen molar-refractivity contribution in [3.05, 3.63) is 0 Å². The van der Waals surface area contributed by atoms with Crippen LogP contribution in [0.3, 0.4) is 0 Å². The predicted octanol–water partition coefficient (Wildman–Crippen LogP) is 1.00. The SMILES string of the molecule is OCCN(CC(F)(F)F)CC1(CNC2CC2)CCOC1. The van der Waals surface area contributed by atoms with Crippen LogP contribution < -0.4 is 5.32 Å². The summed E-state index contributed by atoms with van der Waals surface area (Å²) in [7, 11) is 0. The zero-order chi connectivity index (χ0) is 14.6. The molecule has 118 valence electrons. The van der Waals surface area contributed by atoms with Gasteiger partial charge in [-0.15, -0.1) is 0 Å². The molecule has 4 nitrogen and oxygen atoms in total. The highest BCUT2D eigenvalue weighted by Crippen LogP contribution is 2.31. The number of hydrogen-bond donors (Lipinski definition) is 2. The Balaban J connectivity index is 1.92. The second-order valence-electron chi connectivity index (χ2n) is 6.01. The Morgan fingerprint density at radius 2 is 2.10 bits per heavy atom. The summed E-state index contributed by atoms with van der Waals surface area (Å²) in [6, 6.07) is 0.529. The first kappa shape index (κ1) is 16.0. The maximum Gasteiger partial charge on any atom is 0.401 e. The molecule has 0 amide bonds. The molecule has 2 aliphatic rings. The van der Waals surface area contributed by atoms with Gasteiger partial charge in [-0.2, -0.15) is 13.2 Å². The number of nitrogens with one attached hydrogen (secondary N) is 1. The Kier molecular flexibility index (Phi) is 5.28. The molecule has 2 N–H and O–H groups in total. The van der Waals surface area contributed by atoms with Crippen LogP contribution in [0, 0.1) is 5.41 Å². The first-order valence-electron chi connectivity index (χ1n) is 7.14. The number of aliphatic hydroxyl groups is 1. The van der Waals surface area contributed by atoms with Crippen LogP contribution in [-0.2, 0) is 4.74 Å². The van der Waals surface area contributed by atoms with Crippen LogP contribution in [0.2, 0.25) is 0 Å². The van der Waals surface area contributed by atoms with Gasteiger partial charge in [-0.3, -0.25) is 4.90 Å². The highest BCUT2D eigenvalue weighted by atomic mass is 19.4. The molecule has 7 heteroatoms. The largest absolute Gasteiger partial charge is 0.401 e. The van der Waals surface area contributed by atoms with Crippen molar-refractivity contribution in [1.82, 2.24) is 10.2 Å². The molecule has 0 bridgehead atoms. The van der Waals surface area contributed by atoms with Gasteiger partial charge in [-0.25, -0.2) is 0 Å². The Morgan fingerprint density at radius 1 is 1.35 bits per heavy atom. The molecule has 1 atom stereocenters. The monoisotopic (exact) mass is 296 g/mol. The van der Waals surface area contributed by atoms with Crippen molar-refractivity contribution in [3.63, 3.8) is 0 Å². The van der Waals surface area contributed by atoms with Gasteiger partial charge < -0.3 is 15.2 Å². The smallest absolute Gasteiger partial charge is 0.395 e. The van der Waals surface area contributed by atoms with E-state index in [0.717, 1.165) is 19.3 Å². The van der Waals surface area contributed by atoms with E-state index in [2.05, 4.69) is 5.32 Å². The van der Waals surface area contributed by atoms with E-state index in [4.69, 9.17) is 9.84 Å². The maximum absolute atomic E-state index is 12.6. The minimum absolute atomic E-state index is 0.0463. The number of nitrogens with zero attached hydrogens (tertiary/aromatic N) is 1. The first-order chi connectivity index (χ1) is 9.42. The average molecular weight is 296 g/mol. The zero-order valence-electron chi connectivity index (χ0n) is 11.6. The Labute approximate surface area is 117 Å². The van der Waals surface area contributed by atoms with E-state index in [1.54, 1.807) is 0 Å². The quantitative estimate of drug-likeness (QED) is 0.701. The molecule has 0 aromatic rings. The fourth-order valence-corrected chi connectivity index (χ4v) is 2.70. The molecule has 2 rings (SSSR count). The van der Waals surface area contributed by atoms with Gasteiger partial charge in [0, 0.05) is 37.7 Å². The molecule has 1 saturated carbocycles. The number of halogens is 3. The fraction of sp³-hybridized carbons (Fsp3) is 1.00. The molecule has 1 heterocycles. The number of rotatable bonds is 8. The molecule has 0 radical (unpaired) electrons. The molecule has 0 spiro atoms. The number of alkyl halides is 3. The molecule has 0 aromatic carbocycles. The van der Waals surface area contributed by atoms with Crippen molar-refractivity contribution in [1.29, 1.82) is 0 Å². The van der Waals surface area contributed by atoms with Gasteiger partial charge in [0.15, 0.2) is 0 Å². The fourth-order valence-electron chi connectivity index (χ4n) is 2.70. The van der Waals surface area contributed by atoms with E-state index < -0.39 is 12.7 Å². The molecule has 0 aromatic heterocycles. The predicted molar refractivity (Wildman–Crippen MR) is 68.5 cm³/mol. The summed E-state index contributed by atoms with van der Waals surface area (Å²) in [6.45, 7) is 0.911. The van der Waals surface area contributed by atoms with Gasteiger partial charge in [0.25, 0.3) is 0 Å². The highest BCUT2D eigenvalue weighted by Gasteiger charge is 2.40. The van der Waals surface area contributed by atoms with Crippen LogP contribution in [0.5, 0.6) is 0 Å². The second kappa shape index (κ2) is 6.60. The molecular formula is C13H23F3N2O2. The van der Waals surface area contributed by atoms with Crippen LogP contribution in [0.4, 0.5) is 13.2 Å². The lowest BCUT2D eigenvalue weighted by molar-refractivity contribution is -0.150. The van der Waals surface area contributed by atoms with E-state index >= 15 is 0 Å². The maximum atomic E-state index is 12.6. The van der Waals surface area contributed by atoms with Crippen molar-refractivity contribution in [2.75, 3.05) is 46.0 Å².